The van der Waals surface area contributed by atoms with Gasteiger partial charge in [0, 0.05) is 11.0 Å². The number of aliphatic hydroxyl groups is 1. The molecule has 7 heteroatoms. The minimum Gasteiger partial charge on any atom is -0.398 e. The zero-order valence-corrected chi connectivity index (χ0v) is 13.0. The molecule has 1 aromatic carbocycles. The van der Waals surface area contributed by atoms with Gasteiger partial charge in [-0.15, -0.1) is 0 Å². The van der Waals surface area contributed by atoms with E-state index < -0.39 is 10.0 Å². The third kappa shape index (κ3) is 2.65. The van der Waals surface area contributed by atoms with Gasteiger partial charge in [-0.25, -0.2) is 8.42 Å². The van der Waals surface area contributed by atoms with E-state index in [1.807, 2.05) is 6.92 Å². The molecule has 0 amide bonds. The number of rotatable bonds is 3. The van der Waals surface area contributed by atoms with Crippen molar-refractivity contribution in [3.05, 3.63) is 22.7 Å². The van der Waals surface area contributed by atoms with Crippen LogP contribution in [0, 0.1) is 5.92 Å². The molecule has 3 N–H and O–H groups in total. The Kier molecular flexibility index (Phi) is 4.20. The first-order valence-corrected chi connectivity index (χ1v) is 8.29. The summed E-state index contributed by atoms with van der Waals surface area (Å²) >= 11 is 3.25. The quantitative estimate of drug-likeness (QED) is 0.809. The lowest BCUT2D eigenvalue weighted by atomic mass is 10.0. The molecule has 0 aliphatic carbocycles. The molecule has 1 aliphatic heterocycles. The summed E-state index contributed by atoms with van der Waals surface area (Å²) in [4.78, 5) is 0.0921. The molecule has 1 fully saturated rings. The summed E-state index contributed by atoms with van der Waals surface area (Å²) in [6.45, 7) is 2.19. The van der Waals surface area contributed by atoms with Crippen LogP contribution in [0.25, 0.3) is 0 Å². The van der Waals surface area contributed by atoms with Gasteiger partial charge in [0.15, 0.2) is 0 Å². The van der Waals surface area contributed by atoms with E-state index in [1.165, 1.54) is 10.4 Å². The molecular formula is C12H17BrN2O3S. The summed E-state index contributed by atoms with van der Waals surface area (Å²) < 4.78 is 27.3. The molecule has 0 saturated carbocycles. The van der Waals surface area contributed by atoms with E-state index in [-0.39, 0.29) is 29.1 Å². The Hall–Kier alpha value is -0.630. The summed E-state index contributed by atoms with van der Waals surface area (Å²) in [6, 6.07) is 4.39. The van der Waals surface area contributed by atoms with Crippen LogP contribution in [0.3, 0.4) is 0 Å². The highest BCUT2D eigenvalue weighted by Gasteiger charge is 2.39. The Balaban J connectivity index is 2.45. The first-order valence-electron chi connectivity index (χ1n) is 6.05. The highest BCUT2D eigenvalue weighted by Crippen LogP contribution is 2.33. The van der Waals surface area contributed by atoms with Crippen molar-refractivity contribution in [3.8, 4) is 0 Å². The number of hydrogen-bond acceptors (Lipinski definition) is 4. The fourth-order valence-corrected chi connectivity index (χ4v) is 4.78. The summed E-state index contributed by atoms with van der Waals surface area (Å²) in [5.41, 5.74) is 6.00. The molecule has 0 spiro atoms. The van der Waals surface area contributed by atoms with Gasteiger partial charge in [-0.05, 0) is 30.5 Å². The zero-order valence-electron chi connectivity index (χ0n) is 10.6. The molecule has 106 valence electrons. The van der Waals surface area contributed by atoms with E-state index >= 15 is 0 Å². The first-order chi connectivity index (χ1) is 8.87. The second-order valence-electron chi connectivity index (χ2n) is 4.81. The van der Waals surface area contributed by atoms with Crippen molar-refractivity contribution in [2.45, 2.75) is 24.3 Å². The SMILES string of the molecule is CC1CCN(S(=O)(=O)c2cc(Br)ccc2N)C1CO. The van der Waals surface area contributed by atoms with Crippen LogP contribution in [0.4, 0.5) is 5.69 Å². The van der Waals surface area contributed by atoms with E-state index in [1.54, 1.807) is 12.1 Å². The van der Waals surface area contributed by atoms with E-state index in [2.05, 4.69) is 15.9 Å². The van der Waals surface area contributed by atoms with Crippen LogP contribution >= 0.6 is 15.9 Å². The summed E-state index contributed by atoms with van der Waals surface area (Å²) in [5, 5.41) is 9.39. The standard InChI is InChI=1S/C12H17BrN2O3S/c1-8-4-5-15(11(8)7-16)19(17,18)12-6-9(13)2-3-10(12)14/h2-3,6,8,11,16H,4-5,7,14H2,1H3. The van der Waals surface area contributed by atoms with Gasteiger partial charge in [0.05, 0.1) is 18.3 Å². The number of halogens is 1. The Morgan fingerprint density at radius 2 is 2.21 bits per heavy atom. The molecule has 2 rings (SSSR count). The van der Waals surface area contributed by atoms with Crippen molar-refractivity contribution >= 4 is 31.6 Å². The number of aliphatic hydroxyl groups excluding tert-OH is 1. The van der Waals surface area contributed by atoms with Gasteiger partial charge in [0.25, 0.3) is 0 Å². The molecule has 19 heavy (non-hydrogen) atoms. The van der Waals surface area contributed by atoms with Gasteiger partial charge >= 0.3 is 0 Å². The summed E-state index contributed by atoms with van der Waals surface area (Å²) in [6.07, 6.45) is 0.748. The van der Waals surface area contributed by atoms with Crippen LogP contribution in [0.2, 0.25) is 0 Å². The van der Waals surface area contributed by atoms with Gasteiger partial charge < -0.3 is 10.8 Å². The van der Waals surface area contributed by atoms with E-state index in [0.717, 1.165) is 6.42 Å². The molecule has 1 aromatic rings. The van der Waals surface area contributed by atoms with E-state index in [0.29, 0.717) is 11.0 Å². The minimum absolute atomic E-state index is 0.0921. The zero-order chi connectivity index (χ0) is 14.2. The number of sulfonamides is 1. The second-order valence-corrected chi connectivity index (χ2v) is 7.59. The molecule has 2 unspecified atom stereocenters. The maximum atomic E-state index is 12.6. The molecule has 5 nitrogen and oxygen atoms in total. The molecule has 1 heterocycles. The molecule has 1 aliphatic rings. The predicted octanol–water partition coefficient (Wildman–Crippen LogP) is 1.42. The number of nitrogens with two attached hydrogens (primary N) is 1. The lowest BCUT2D eigenvalue weighted by Gasteiger charge is -2.25. The van der Waals surface area contributed by atoms with Crippen molar-refractivity contribution in [1.82, 2.24) is 4.31 Å². The highest BCUT2D eigenvalue weighted by molar-refractivity contribution is 9.10. The maximum absolute atomic E-state index is 12.6. The molecule has 1 saturated heterocycles. The predicted molar refractivity (Wildman–Crippen MR) is 77.1 cm³/mol. The molecular weight excluding hydrogens is 332 g/mol. The third-order valence-corrected chi connectivity index (χ3v) is 6.05. The van der Waals surface area contributed by atoms with Gasteiger partial charge in [-0.1, -0.05) is 22.9 Å². The lowest BCUT2D eigenvalue weighted by molar-refractivity contribution is 0.191. The average Bonchev–Trinajstić information content (AvgIpc) is 2.74. The monoisotopic (exact) mass is 348 g/mol. The average molecular weight is 349 g/mol. The van der Waals surface area contributed by atoms with E-state index in [9.17, 15) is 13.5 Å². The number of anilines is 1. The van der Waals surface area contributed by atoms with Crippen LogP contribution in [-0.4, -0.2) is 37.0 Å². The maximum Gasteiger partial charge on any atom is 0.245 e. The normalized spacial score (nSPS) is 24.8. The van der Waals surface area contributed by atoms with Crippen molar-refractivity contribution in [2.75, 3.05) is 18.9 Å². The Labute approximate surface area is 121 Å². The fourth-order valence-electron chi connectivity index (χ4n) is 2.40. The van der Waals surface area contributed by atoms with Gasteiger partial charge in [0.2, 0.25) is 10.0 Å². The van der Waals surface area contributed by atoms with Crippen LogP contribution in [0.5, 0.6) is 0 Å². The van der Waals surface area contributed by atoms with Crippen LogP contribution in [-0.2, 0) is 10.0 Å². The van der Waals surface area contributed by atoms with Crippen LogP contribution < -0.4 is 5.73 Å². The summed E-state index contributed by atoms with van der Waals surface area (Å²) in [7, 11) is -3.67. The van der Waals surface area contributed by atoms with Crippen molar-refractivity contribution in [3.63, 3.8) is 0 Å². The number of benzene rings is 1. The second kappa shape index (κ2) is 5.40. The van der Waals surface area contributed by atoms with Crippen molar-refractivity contribution in [1.29, 1.82) is 0 Å². The minimum atomic E-state index is -3.67. The lowest BCUT2D eigenvalue weighted by Crippen LogP contribution is -2.40. The van der Waals surface area contributed by atoms with Crippen molar-refractivity contribution < 1.29 is 13.5 Å². The Bertz CT molecular complexity index is 576. The number of hydrogen-bond donors (Lipinski definition) is 2. The molecule has 0 aromatic heterocycles. The Morgan fingerprint density at radius 1 is 1.53 bits per heavy atom. The van der Waals surface area contributed by atoms with Crippen molar-refractivity contribution in [2.24, 2.45) is 5.92 Å². The fraction of sp³-hybridized carbons (Fsp3) is 0.500. The smallest absolute Gasteiger partial charge is 0.245 e. The Morgan fingerprint density at radius 3 is 2.84 bits per heavy atom. The van der Waals surface area contributed by atoms with Crippen LogP contribution in [0.15, 0.2) is 27.6 Å². The topological polar surface area (TPSA) is 83.6 Å². The number of nitrogen functional groups attached to an aromatic ring is 1. The van der Waals surface area contributed by atoms with Gasteiger partial charge in [0.1, 0.15) is 4.90 Å². The summed E-state index contributed by atoms with van der Waals surface area (Å²) in [5.74, 6) is 0.146. The van der Waals surface area contributed by atoms with Crippen LogP contribution in [0.1, 0.15) is 13.3 Å². The van der Waals surface area contributed by atoms with E-state index in [4.69, 9.17) is 5.73 Å². The number of nitrogens with zero attached hydrogens (tertiary/aromatic N) is 1. The van der Waals surface area contributed by atoms with Gasteiger partial charge in [-0.3, -0.25) is 0 Å². The molecule has 0 bridgehead atoms. The molecule has 2 atom stereocenters. The largest absolute Gasteiger partial charge is 0.398 e. The van der Waals surface area contributed by atoms with Gasteiger partial charge in [-0.2, -0.15) is 4.31 Å². The third-order valence-electron chi connectivity index (χ3n) is 3.58. The highest BCUT2D eigenvalue weighted by atomic mass is 79.9. The molecule has 0 radical (unpaired) electrons. The first kappa shape index (κ1) is 14.8.